The highest BCUT2D eigenvalue weighted by molar-refractivity contribution is 6.39. The Balaban J connectivity index is 1.55. The van der Waals surface area contributed by atoms with Gasteiger partial charge >= 0.3 is 11.8 Å². The van der Waals surface area contributed by atoms with Gasteiger partial charge in [-0.15, -0.1) is 0 Å². The fourth-order valence-electron chi connectivity index (χ4n) is 2.64. The predicted molar refractivity (Wildman–Crippen MR) is 91.7 cm³/mol. The predicted octanol–water partition coefficient (Wildman–Crippen LogP) is 1.71. The van der Waals surface area contributed by atoms with Crippen LogP contribution in [0.1, 0.15) is 17.9 Å². The first-order valence-corrected chi connectivity index (χ1v) is 7.87. The summed E-state index contributed by atoms with van der Waals surface area (Å²) < 4.78 is 10.2. The number of benzene rings is 1. The standard InChI is InChI=1S/C18H19N3O4/c1-24-12-7-5-11(6-8-12)13-10-15(13)21-17(23)16(22)20-14-4-3-9-19-18(14)25-2/h3-9,13,15H,10H2,1-2H3,(H,20,22)(H,21,23)/t13-,15+/m1/s1. The molecule has 0 radical (unpaired) electrons. The molecule has 1 aromatic heterocycles. The fraction of sp³-hybridized carbons (Fsp3) is 0.278. The number of hydrogen-bond acceptors (Lipinski definition) is 5. The number of aromatic nitrogens is 1. The normalized spacial score (nSPS) is 18.2. The van der Waals surface area contributed by atoms with Crippen LogP contribution in [0, 0.1) is 0 Å². The molecular weight excluding hydrogens is 322 g/mol. The van der Waals surface area contributed by atoms with Crippen LogP contribution in [0.15, 0.2) is 42.6 Å². The number of nitrogens with zero attached hydrogens (tertiary/aromatic N) is 1. The number of ether oxygens (including phenoxy) is 2. The van der Waals surface area contributed by atoms with Crippen LogP contribution in [0.5, 0.6) is 11.6 Å². The molecule has 130 valence electrons. The van der Waals surface area contributed by atoms with Gasteiger partial charge < -0.3 is 20.1 Å². The quantitative estimate of drug-likeness (QED) is 0.808. The van der Waals surface area contributed by atoms with E-state index in [4.69, 9.17) is 9.47 Å². The van der Waals surface area contributed by atoms with E-state index in [9.17, 15) is 9.59 Å². The molecular formula is C18H19N3O4. The molecule has 1 aliphatic rings. The monoisotopic (exact) mass is 341 g/mol. The van der Waals surface area contributed by atoms with Gasteiger partial charge in [0.05, 0.1) is 14.2 Å². The zero-order valence-corrected chi connectivity index (χ0v) is 14.0. The molecule has 0 unspecified atom stereocenters. The minimum Gasteiger partial charge on any atom is -0.497 e. The van der Waals surface area contributed by atoms with Crippen LogP contribution in [0.2, 0.25) is 0 Å². The van der Waals surface area contributed by atoms with Crippen LogP contribution in [0.4, 0.5) is 5.69 Å². The minimum absolute atomic E-state index is 0.0394. The maximum Gasteiger partial charge on any atom is 0.313 e. The number of carbonyl (C=O) groups excluding carboxylic acids is 2. The smallest absolute Gasteiger partial charge is 0.313 e. The molecule has 1 aromatic carbocycles. The van der Waals surface area contributed by atoms with Crippen LogP contribution in [-0.4, -0.2) is 37.1 Å². The molecule has 1 saturated carbocycles. The second-order valence-corrected chi connectivity index (χ2v) is 5.71. The van der Waals surface area contributed by atoms with Gasteiger partial charge in [-0.1, -0.05) is 12.1 Å². The summed E-state index contributed by atoms with van der Waals surface area (Å²) in [5, 5.41) is 5.25. The summed E-state index contributed by atoms with van der Waals surface area (Å²) in [5.74, 6) is -0.157. The summed E-state index contributed by atoms with van der Waals surface area (Å²) in [4.78, 5) is 28.1. The van der Waals surface area contributed by atoms with Gasteiger partial charge in [-0.05, 0) is 36.2 Å². The number of hydrogen-bond donors (Lipinski definition) is 2. The van der Waals surface area contributed by atoms with E-state index in [0.29, 0.717) is 5.69 Å². The molecule has 1 heterocycles. The van der Waals surface area contributed by atoms with Crippen LogP contribution >= 0.6 is 0 Å². The third-order valence-electron chi connectivity index (χ3n) is 4.07. The Kier molecular flexibility index (Phi) is 4.83. The average Bonchev–Trinajstić information content (AvgIpc) is 3.41. The summed E-state index contributed by atoms with van der Waals surface area (Å²) in [6.45, 7) is 0. The Morgan fingerprint density at radius 2 is 1.84 bits per heavy atom. The van der Waals surface area contributed by atoms with Crippen molar-refractivity contribution in [3.63, 3.8) is 0 Å². The van der Waals surface area contributed by atoms with Crippen molar-refractivity contribution in [2.24, 2.45) is 0 Å². The molecule has 7 nitrogen and oxygen atoms in total. The van der Waals surface area contributed by atoms with E-state index in [1.165, 1.54) is 13.3 Å². The Bertz CT molecular complexity index is 776. The highest BCUT2D eigenvalue weighted by atomic mass is 16.5. The zero-order chi connectivity index (χ0) is 17.8. The zero-order valence-electron chi connectivity index (χ0n) is 14.0. The van der Waals surface area contributed by atoms with Gasteiger partial charge in [-0.3, -0.25) is 9.59 Å². The van der Waals surface area contributed by atoms with Crippen molar-refractivity contribution in [2.75, 3.05) is 19.5 Å². The first kappa shape index (κ1) is 16.8. The molecule has 3 rings (SSSR count). The molecule has 0 aliphatic heterocycles. The maximum absolute atomic E-state index is 12.1. The molecule has 1 fully saturated rings. The van der Waals surface area contributed by atoms with Crippen LogP contribution in [-0.2, 0) is 9.59 Å². The molecule has 0 saturated heterocycles. The van der Waals surface area contributed by atoms with Crippen LogP contribution < -0.4 is 20.1 Å². The molecule has 2 atom stereocenters. The molecule has 1 aliphatic carbocycles. The Morgan fingerprint density at radius 1 is 1.08 bits per heavy atom. The van der Waals surface area contributed by atoms with Crippen molar-refractivity contribution in [3.8, 4) is 11.6 Å². The van der Waals surface area contributed by atoms with E-state index in [1.807, 2.05) is 24.3 Å². The third kappa shape index (κ3) is 3.88. The largest absolute Gasteiger partial charge is 0.497 e. The second-order valence-electron chi connectivity index (χ2n) is 5.71. The van der Waals surface area contributed by atoms with Gasteiger partial charge in [0.1, 0.15) is 11.4 Å². The van der Waals surface area contributed by atoms with Crippen molar-refractivity contribution >= 4 is 17.5 Å². The lowest BCUT2D eigenvalue weighted by Crippen LogP contribution is -2.37. The van der Waals surface area contributed by atoms with Gasteiger partial charge in [0.15, 0.2) is 0 Å². The second kappa shape index (κ2) is 7.21. The van der Waals surface area contributed by atoms with Crippen LogP contribution in [0.25, 0.3) is 0 Å². The third-order valence-corrected chi connectivity index (χ3v) is 4.07. The van der Waals surface area contributed by atoms with Gasteiger partial charge in [0.2, 0.25) is 5.88 Å². The topological polar surface area (TPSA) is 89.5 Å². The number of rotatable bonds is 5. The maximum atomic E-state index is 12.1. The summed E-state index contributed by atoms with van der Waals surface area (Å²) in [5.41, 5.74) is 1.47. The molecule has 2 aromatic rings. The molecule has 0 spiro atoms. The van der Waals surface area contributed by atoms with Crippen molar-refractivity contribution in [1.82, 2.24) is 10.3 Å². The van der Waals surface area contributed by atoms with E-state index in [2.05, 4.69) is 15.6 Å². The summed E-state index contributed by atoms with van der Waals surface area (Å²) in [6.07, 6.45) is 2.35. The van der Waals surface area contributed by atoms with Crippen molar-refractivity contribution in [3.05, 3.63) is 48.2 Å². The number of methoxy groups -OCH3 is 2. The average molecular weight is 341 g/mol. The van der Waals surface area contributed by atoms with Gasteiger partial charge in [-0.25, -0.2) is 4.98 Å². The number of amides is 2. The molecule has 25 heavy (non-hydrogen) atoms. The van der Waals surface area contributed by atoms with E-state index >= 15 is 0 Å². The molecule has 0 bridgehead atoms. The van der Waals surface area contributed by atoms with E-state index < -0.39 is 11.8 Å². The minimum atomic E-state index is -0.744. The Morgan fingerprint density at radius 3 is 2.52 bits per heavy atom. The lowest BCUT2D eigenvalue weighted by molar-refractivity contribution is -0.136. The lowest BCUT2D eigenvalue weighted by atomic mass is 10.1. The first-order chi connectivity index (χ1) is 12.1. The van der Waals surface area contributed by atoms with Gasteiger partial charge in [0.25, 0.3) is 0 Å². The Labute approximate surface area is 145 Å². The molecule has 2 N–H and O–H groups in total. The van der Waals surface area contributed by atoms with E-state index in [0.717, 1.165) is 17.7 Å². The summed E-state index contributed by atoms with van der Waals surface area (Å²) >= 11 is 0. The Hall–Kier alpha value is -3.09. The highest BCUT2D eigenvalue weighted by Gasteiger charge is 2.40. The number of pyridine rings is 1. The van der Waals surface area contributed by atoms with Crippen molar-refractivity contribution < 1.29 is 19.1 Å². The summed E-state index contributed by atoms with van der Waals surface area (Å²) in [6, 6.07) is 10.9. The van der Waals surface area contributed by atoms with Crippen molar-refractivity contribution in [1.29, 1.82) is 0 Å². The highest BCUT2D eigenvalue weighted by Crippen LogP contribution is 2.41. The van der Waals surface area contributed by atoms with Crippen LogP contribution in [0.3, 0.4) is 0 Å². The van der Waals surface area contributed by atoms with E-state index in [1.54, 1.807) is 19.2 Å². The van der Waals surface area contributed by atoms with Gasteiger partial charge in [0, 0.05) is 18.2 Å². The number of carbonyl (C=O) groups is 2. The molecule has 7 heteroatoms. The van der Waals surface area contributed by atoms with Gasteiger partial charge in [-0.2, -0.15) is 0 Å². The first-order valence-electron chi connectivity index (χ1n) is 7.87. The molecule has 2 amide bonds. The number of nitrogens with one attached hydrogen (secondary N) is 2. The summed E-state index contributed by atoms with van der Waals surface area (Å²) in [7, 11) is 3.06. The lowest BCUT2D eigenvalue weighted by Gasteiger charge is -2.09. The van der Waals surface area contributed by atoms with Crippen molar-refractivity contribution in [2.45, 2.75) is 18.4 Å². The fourth-order valence-corrected chi connectivity index (χ4v) is 2.64. The SMILES string of the molecule is COc1ccc([C@H]2C[C@@H]2NC(=O)C(=O)Nc2cccnc2OC)cc1. The number of anilines is 1. The van der Waals surface area contributed by atoms with E-state index in [-0.39, 0.29) is 17.8 Å².